The van der Waals surface area contributed by atoms with Gasteiger partial charge in [-0.05, 0) is 36.8 Å². The number of hydrogen-bond acceptors (Lipinski definition) is 6. The molecule has 0 radical (unpaired) electrons. The van der Waals surface area contributed by atoms with Crippen LogP contribution in [0.2, 0.25) is 0 Å². The molecule has 0 heterocycles. The van der Waals surface area contributed by atoms with Crippen LogP contribution in [-0.2, 0) is 21.4 Å². The molecule has 2 atom stereocenters. The van der Waals surface area contributed by atoms with Gasteiger partial charge in [-0.15, -0.1) is 0 Å². The van der Waals surface area contributed by atoms with Gasteiger partial charge in [0.05, 0.1) is 24.2 Å². The van der Waals surface area contributed by atoms with Gasteiger partial charge in [0.2, 0.25) is 10.0 Å². The first kappa shape index (κ1) is 25.9. The number of nitrogens with zero attached hydrogens (tertiary/aromatic N) is 1. The highest BCUT2D eigenvalue weighted by Gasteiger charge is 2.29. The fourth-order valence-corrected chi connectivity index (χ4v) is 4.82. The maximum absolute atomic E-state index is 13.3. The largest absolute Gasteiger partial charge is 0.491 e. The summed E-state index contributed by atoms with van der Waals surface area (Å²) in [7, 11) is -3.97. The minimum atomic E-state index is -3.97. The molecule has 2 N–H and O–H groups in total. The zero-order valence-corrected chi connectivity index (χ0v) is 20.0. The molecule has 0 aliphatic carbocycles. The third-order valence-corrected chi connectivity index (χ3v) is 6.94. The highest BCUT2D eigenvalue weighted by atomic mass is 32.2. The molecule has 3 aromatic carbocycles. The average molecular weight is 486 g/mol. The number of rotatable bonds is 13. The third kappa shape index (κ3) is 7.93. The molecule has 7 nitrogen and oxygen atoms in total. The standard InChI is InChI=1S/C26H31NO6S/c1-21-12-14-26(15-13-21)34(30,31)27(17-24(29)20-33-25-10-6-3-7-11-25)16-23(28)19-32-18-22-8-4-2-5-9-22/h2-15,23-24,28-29H,16-20H2,1H3/t23-,24-/m0/s1. The molecule has 182 valence electrons. The van der Waals surface area contributed by atoms with Gasteiger partial charge in [-0.2, -0.15) is 4.31 Å². The Morgan fingerprint density at radius 3 is 1.97 bits per heavy atom. The zero-order chi connectivity index (χ0) is 24.4. The van der Waals surface area contributed by atoms with Gasteiger partial charge in [-0.25, -0.2) is 8.42 Å². The summed E-state index contributed by atoms with van der Waals surface area (Å²) in [6.07, 6.45) is -2.18. The van der Waals surface area contributed by atoms with Crippen LogP contribution in [0.5, 0.6) is 5.75 Å². The summed E-state index contributed by atoms with van der Waals surface area (Å²) in [5.74, 6) is 0.573. The molecule has 0 aliphatic heterocycles. The second-order valence-electron chi connectivity index (χ2n) is 8.07. The second kappa shape index (κ2) is 12.6. The lowest BCUT2D eigenvalue weighted by molar-refractivity contribution is 0.0135. The molecular weight excluding hydrogens is 454 g/mol. The quantitative estimate of drug-likeness (QED) is 0.386. The van der Waals surface area contributed by atoms with E-state index in [2.05, 4.69) is 0 Å². The lowest BCUT2D eigenvalue weighted by Crippen LogP contribution is -2.44. The van der Waals surface area contributed by atoms with Crippen LogP contribution in [0.15, 0.2) is 89.8 Å². The maximum Gasteiger partial charge on any atom is 0.243 e. The van der Waals surface area contributed by atoms with Gasteiger partial charge in [0, 0.05) is 13.1 Å². The average Bonchev–Trinajstić information content (AvgIpc) is 2.84. The Bertz CT molecular complexity index is 1090. The first-order valence-electron chi connectivity index (χ1n) is 11.1. The molecule has 34 heavy (non-hydrogen) atoms. The van der Waals surface area contributed by atoms with Gasteiger partial charge < -0.3 is 19.7 Å². The van der Waals surface area contributed by atoms with Crippen LogP contribution >= 0.6 is 0 Å². The molecule has 0 bridgehead atoms. The highest BCUT2D eigenvalue weighted by Crippen LogP contribution is 2.18. The number of aliphatic hydroxyl groups is 2. The molecule has 0 amide bonds. The summed E-state index contributed by atoms with van der Waals surface area (Å²) in [5.41, 5.74) is 1.88. The van der Waals surface area contributed by atoms with Crippen molar-refractivity contribution in [3.8, 4) is 5.75 Å². The summed E-state index contributed by atoms with van der Waals surface area (Å²) >= 11 is 0. The molecule has 0 unspecified atom stereocenters. The van der Waals surface area contributed by atoms with Crippen molar-refractivity contribution >= 4 is 10.0 Å². The lowest BCUT2D eigenvalue weighted by Gasteiger charge is -2.27. The van der Waals surface area contributed by atoms with Crippen LogP contribution in [0.25, 0.3) is 0 Å². The van der Waals surface area contributed by atoms with E-state index in [4.69, 9.17) is 9.47 Å². The predicted octanol–water partition coefficient (Wildman–Crippen LogP) is 3.00. The molecule has 0 saturated heterocycles. The van der Waals surface area contributed by atoms with Crippen LogP contribution in [0.3, 0.4) is 0 Å². The second-order valence-corrected chi connectivity index (χ2v) is 10.0. The molecular formula is C26H31NO6S. The molecule has 0 aromatic heterocycles. The topological polar surface area (TPSA) is 96.3 Å². The molecule has 3 aromatic rings. The number of aliphatic hydroxyl groups excluding tert-OH is 2. The number of para-hydroxylation sites is 1. The van der Waals surface area contributed by atoms with Crippen molar-refractivity contribution in [1.82, 2.24) is 4.31 Å². The van der Waals surface area contributed by atoms with E-state index in [1.54, 1.807) is 24.3 Å². The Morgan fingerprint density at radius 2 is 1.35 bits per heavy atom. The summed E-state index contributed by atoms with van der Waals surface area (Å²) in [5, 5.41) is 21.1. The Balaban J connectivity index is 1.65. The van der Waals surface area contributed by atoms with Crippen molar-refractivity contribution in [3.05, 3.63) is 96.1 Å². The number of ether oxygens (including phenoxy) is 2. The van der Waals surface area contributed by atoms with E-state index in [1.165, 1.54) is 12.1 Å². The smallest absolute Gasteiger partial charge is 0.243 e. The predicted molar refractivity (Wildman–Crippen MR) is 130 cm³/mol. The van der Waals surface area contributed by atoms with Crippen molar-refractivity contribution in [2.45, 2.75) is 30.6 Å². The molecule has 0 saturated carbocycles. The van der Waals surface area contributed by atoms with Crippen LogP contribution in [0.1, 0.15) is 11.1 Å². The molecule has 8 heteroatoms. The third-order valence-electron chi connectivity index (χ3n) is 5.09. The fraction of sp³-hybridized carbons (Fsp3) is 0.308. The molecule has 3 rings (SSSR count). The van der Waals surface area contributed by atoms with E-state index in [0.717, 1.165) is 15.4 Å². The maximum atomic E-state index is 13.3. The molecule has 0 spiro atoms. The van der Waals surface area contributed by atoms with Crippen molar-refractivity contribution in [2.24, 2.45) is 0 Å². The number of hydrogen-bond donors (Lipinski definition) is 2. The minimum absolute atomic E-state index is 0.0502. The summed E-state index contributed by atoms with van der Waals surface area (Å²) in [6.45, 7) is 1.56. The normalized spacial score (nSPS) is 13.5. The first-order valence-corrected chi connectivity index (χ1v) is 12.5. The first-order chi connectivity index (χ1) is 16.3. The van der Waals surface area contributed by atoms with Crippen LogP contribution in [-0.4, -0.2) is 61.4 Å². The van der Waals surface area contributed by atoms with Gasteiger partial charge in [-0.3, -0.25) is 0 Å². The van der Waals surface area contributed by atoms with Crippen LogP contribution < -0.4 is 4.74 Å². The zero-order valence-electron chi connectivity index (χ0n) is 19.2. The number of benzene rings is 3. The summed E-state index contributed by atoms with van der Waals surface area (Å²) in [6, 6.07) is 24.9. The minimum Gasteiger partial charge on any atom is -0.491 e. The Hall–Kier alpha value is -2.75. The molecule has 0 fully saturated rings. The van der Waals surface area contributed by atoms with Crippen molar-refractivity contribution < 1.29 is 28.1 Å². The number of aryl methyl sites for hydroxylation is 1. The van der Waals surface area contributed by atoms with E-state index in [0.29, 0.717) is 12.4 Å². The summed E-state index contributed by atoms with van der Waals surface area (Å²) < 4.78 is 38.8. The van der Waals surface area contributed by atoms with Gasteiger partial charge in [0.15, 0.2) is 0 Å². The van der Waals surface area contributed by atoms with Crippen molar-refractivity contribution in [3.63, 3.8) is 0 Å². The fourth-order valence-electron chi connectivity index (χ4n) is 3.30. The van der Waals surface area contributed by atoms with E-state index < -0.39 is 22.2 Å². The van der Waals surface area contributed by atoms with E-state index in [9.17, 15) is 18.6 Å². The van der Waals surface area contributed by atoms with Crippen molar-refractivity contribution in [1.29, 1.82) is 0 Å². The van der Waals surface area contributed by atoms with Gasteiger partial charge >= 0.3 is 0 Å². The number of sulfonamides is 1. The van der Waals surface area contributed by atoms with Gasteiger partial charge in [0.25, 0.3) is 0 Å². The van der Waals surface area contributed by atoms with E-state index >= 15 is 0 Å². The van der Waals surface area contributed by atoms with E-state index in [1.807, 2.05) is 55.5 Å². The van der Waals surface area contributed by atoms with Crippen molar-refractivity contribution in [2.75, 3.05) is 26.3 Å². The Labute approximate surface area is 201 Å². The highest BCUT2D eigenvalue weighted by molar-refractivity contribution is 7.89. The molecule has 0 aliphatic rings. The monoisotopic (exact) mass is 485 g/mol. The van der Waals surface area contributed by atoms with Gasteiger partial charge in [-0.1, -0.05) is 66.2 Å². The van der Waals surface area contributed by atoms with Gasteiger partial charge in [0.1, 0.15) is 18.5 Å². The summed E-state index contributed by atoms with van der Waals surface area (Å²) in [4.78, 5) is 0.0895. The van der Waals surface area contributed by atoms with Crippen LogP contribution in [0.4, 0.5) is 0 Å². The van der Waals surface area contributed by atoms with E-state index in [-0.39, 0.29) is 31.2 Å². The van der Waals surface area contributed by atoms with Crippen LogP contribution in [0, 0.1) is 6.92 Å². The Morgan fingerprint density at radius 1 is 0.794 bits per heavy atom. The SMILES string of the molecule is Cc1ccc(S(=O)(=O)N(C[C@H](O)COCc2ccccc2)C[C@H](O)COc2ccccc2)cc1. The lowest BCUT2D eigenvalue weighted by atomic mass is 10.2. The Kier molecular flexibility index (Phi) is 9.62.